The molecule has 0 fully saturated rings. The lowest BCUT2D eigenvalue weighted by Gasteiger charge is -2.30. The van der Waals surface area contributed by atoms with Crippen LogP contribution in [-0.4, -0.2) is 51.7 Å². The number of ether oxygens (including phenoxy) is 2. The summed E-state index contributed by atoms with van der Waals surface area (Å²) in [6, 6.07) is 5.41. The SMILES string of the molecule is CCCCCCCCCCCCCCCCCC[N+](C)(C)CCOc1c(C=O)cccc1OC. The first-order chi connectivity index (χ1) is 16.5. The van der Waals surface area contributed by atoms with E-state index in [0.717, 1.165) is 23.9 Å². The van der Waals surface area contributed by atoms with Gasteiger partial charge in [-0.25, -0.2) is 0 Å². The first-order valence-corrected chi connectivity index (χ1v) is 14.1. The summed E-state index contributed by atoms with van der Waals surface area (Å²) in [6.45, 7) is 4.94. The van der Waals surface area contributed by atoms with Crippen LogP contribution in [0.3, 0.4) is 0 Å². The van der Waals surface area contributed by atoms with Gasteiger partial charge < -0.3 is 14.0 Å². The molecule has 196 valence electrons. The average Bonchev–Trinajstić information content (AvgIpc) is 2.83. The van der Waals surface area contributed by atoms with Crippen molar-refractivity contribution in [3.8, 4) is 11.5 Å². The lowest BCUT2D eigenvalue weighted by atomic mass is 10.0. The van der Waals surface area contributed by atoms with E-state index < -0.39 is 0 Å². The summed E-state index contributed by atoms with van der Waals surface area (Å²) in [5, 5.41) is 0. The zero-order valence-corrected chi connectivity index (χ0v) is 22.9. The van der Waals surface area contributed by atoms with Crippen LogP contribution >= 0.6 is 0 Å². The highest BCUT2D eigenvalue weighted by atomic mass is 16.5. The number of benzene rings is 1. The minimum Gasteiger partial charge on any atom is -0.493 e. The van der Waals surface area contributed by atoms with Crippen LogP contribution in [0.1, 0.15) is 120 Å². The summed E-state index contributed by atoms with van der Waals surface area (Å²) in [5.41, 5.74) is 0.544. The van der Waals surface area contributed by atoms with Crippen LogP contribution < -0.4 is 9.47 Å². The number of likely N-dealkylation sites (N-methyl/N-ethyl adjacent to an activating group) is 1. The van der Waals surface area contributed by atoms with Crippen molar-refractivity contribution >= 4 is 6.29 Å². The third-order valence-electron chi connectivity index (χ3n) is 6.92. The third kappa shape index (κ3) is 14.7. The quantitative estimate of drug-likeness (QED) is 0.0906. The molecule has 0 saturated heterocycles. The number of quaternary nitrogens is 1. The highest BCUT2D eigenvalue weighted by Gasteiger charge is 2.16. The minimum atomic E-state index is 0.544. The van der Waals surface area contributed by atoms with Gasteiger partial charge in [-0.3, -0.25) is 4.79 Å². The predicted octanol–water partition coefficient (Wildman–Crippen LogP) is 8.22. The summed E-state index contributed by atoms with van der Waals surface area (Å²) >= 11 is 0. The molecule has 34 heavy (non-hydrogen) atoms. The first-order valence-electron chi connectivity index (χ1n) is 14.1. The fraction of sp³-hybridized carbons (Fsp3) is 0.767. The van der Waals surface area contributed by atoms with Gasteiger partial charge in [-0.2, -0.15) is 0 Å². The second kappa shape index (κ2) is 19.7. The van der Waals surface area contributed by atoms with Crippen molar-refractivity contribution in [2.45, 2.75) is 110 Å². The van der Waals surface area contributed by atoms with Gasteiger partial charge in [0.1, 0.15) is 13.2 Å². The van der Waals surface area contributed by atoms with E-state index >= 15 is 0 Å². The second-order valence-electron chi connectivity index (χ2n) is 10.5. The third-order valence-corrected chi connectivity index (χ3v) is 6.92. The summed E-state index contributed by atoms with van der Waals surface area (Å²) in [5.74, 6) is 1.18. The molecule has 1 rings (SSSR count). The number of hydrogen-bond acceptors (Lipinski definition) is 3. The van der Waals surface area contributed by atoms with Gasteiger partial charge in [0.2, 0.25) is 0 Å². The molecule has 0 amide bonds. The van der Waals surface area contributed by atoms with Gasteiger partial charge >= 0.3 is 0 Å². The van der Waals surface area contributed by atoms with Crippen molar-refractivity contribution in [3.63, 3.8) is 0 Å². The Morgan fingerprint density at radius 2 is 1.24 bits per heavy atom. The molecule has 0 heterocycles. The Morgan fingerprint density at radius 3 is 1.71 bits per heavy atom. The highest BCUT2D eigenvalue weighted by molar-refractivity contribution is 5.81. The Balaban J connectivity index is 1.99. The van der Waals surface area contributed by atoms with E-state index in [1.807, 2.05) is 12.1 Å². The van der Waals surface area contributed by atoms with Gasteiger partial charge in [0.05, 0.1) is 33.3 Å². The van der Waals surface area contributed by atoms with E-state index in [0.29, 0.717) is 23.7 Å². The smallest absolute Gasteiger partial charge is 0.171 e. The number of methoxy groups -OCH3 is 1. The summed E-state index contributed by atoms with van der Waals surface area (Å²) in [7, 11) is 6.13. The molecule has 0 aromatic heterocycles. The van der Waals surface area contributed by atoms with Crippen molar-refractivity contribution in [3.05, 3.63) is 23.8 Å². The van der Waals surface area contributed by atoms with E-state index in [4.69, 9.17) is 9.47 Å². The maximum atomic E-state index is 11.3. The van der Waals surface area contributed by atoms with E-state index in [1.54, 1.807) is 13.2 Å². The van der Waals surface area contributed by atoms with Crippen molar-refractivity contribution in [2.75, 3.05) is 40.9 Å². The topological polar surface area (TPSA) is 35.5 Å². The molecule has 1 aromatic rings. The molecular formula is C30H54NO3+. The molecule has 1 aromatic carbocycles. The molecule has 0 aliphatic heterocycles. The molecule has 0 unspecified atom stereocenters. The number of carbonyl (C=O) groups excluding carboxylic acids is 1. The minimum absolute atomic E-state index is 0.544. The number of aldehydes is 1. The monoisotopic (exact) mass is 476 g/mol. The molecule has 0 spiro atoms. The second-order valence-corrected chi connectivity index (χ2v) is 10.5. The van der Waals surface area contributed by atoms with Gasteiger partial charge in [0.25, 0.3) is 0 Å². The fourth-order valence-corrected chi connectivity index (χ4v) is 4.54. The van der Waals surface area contributed by atoms with Crippen LogP contribution in [0.5, 0.6) is 11.5 Å². The molecule has 4 nitrogen and oxygen atoms in total. The normalized spacial score (nSPS) is 11.5. The Kier molecular flexibility index (Phi) is 17.7. The standard InChI is InChI=1S/C30H54NO3/c1-5-6-7-8-9-10-11-12-13-14-15-16-17-18-19-20-24-31(2,3)25-26-34-30-28(27-32)22-21-23-29(30)33-4/h21-23,27H,5-20,24-26H2,1-4H3/q+1. The van der Waals surface area contributed by atoms with E-state index in [2.05, 4.69) is 21.0 Å². The van der Waals surface area contributed by atoms with Crippen LogP contribution in [0.2, 0.25) is 0 Å². The molecule has 0 bridgehead atoms. The van der Waals surface area contributed by atoms with Crippen molar-refractivity contribution in [1.82, 2.24) is 0 Å². The van der Waals surface area contributed by atoms with Gasteiger partial charge in [-0.05, 0) is 25.0 Å². The van der Waals surface area contributed by atoms with Crippen molar-refractivity contribution < 1.29 is 18.8 Å². The summed E-state index contributed by atoms with van der Waals surface area (Å²) < 4.78 is 12.2. The van der Waals surface area contributed by atoms with E-state index in [-0.39, 0.29) is 0 Å². The largest absolute Gasteiger partial charge is 0.493 e. The maximum absolute atomic E-state index is 11.3. The zero-order valence-electron chi connectivity index (χ0n) is 22.9. The lowest BCUT2D eigenvalue weighted by Crippen LogP contribution is -2.43. The lowest BCUT2D eigenvalue weighted by molar-refractivity contribution is -0.890. The van der Waals surface area contributed by atoms with E-state index in [1.165, 1.54) is 103 Å². The average molecular weight is 477 g/mol. The molecule has 0 radical (unpaired) electrons. The highest BCUT2D eigenvalue weighted by Crippen LogP contribution is 2.30. The van der Waals surface area contributed by atoms with Crippen LogP contribution in [-0.2, 0) is 0 Å². The number of carbonyl (C=O) groups is 1. The maximum Gasteiger partial charge on any atom is 0.171 e. The molecule has 0 saturated carbocycles. The van der Waals surface area contributed by atoms with Crippen LogP contribution in [0, 0.1) is 0 Å². The Morgan fingerprint density at radius 1 is 0.735 bits per heavy atom. The summed E-state index contributed by atoms with van der Waals surface area (Å²) in [4.78, 5) is 11.3. The molecule has 0 atom stereocenters. The van der Waals surface area contributed by atoms with Crippen LogP contribution in [0.4, 0.5) is 0 Å². The predicted molar refractivity (Wildman–Crippen MR) is 145 cm³/mol. The zero-order chi connectivity index (χ0) is 24.9. The first kappa shape index (κ1) is 30.5. The molecule has 0 aliphatic rings. The number of hydrogen-bond donors (Lipinski definition) is 0. The van der Waals surface area contributed by atoms with Crippen molar-refractivity contribution in [1.29, 1.82) is 0 Å². The Labute approximate surface area is 211 Å². The summed E-state index contributed by atoms with van der Waals surface area (Å²) in [6.07, 6.45) is 23.3. The van der Waals surface area contributed by atoms with Gasteiger partial charge in [-0.15, -0.1) is 0 Å². The van der Waals surface area contributed by atoms with Crippen LogP contribution in [0.15, 0.2) is 18.2 Å². The van der Waals surface area contributed by atoms with Gasteiger partial charge in [0.15, 0.2) is 17.8 Å². The number of nitrogens with zero attached hydrogens (tertiary/aromatic N) is 1. The van der Waals surface area contributed by atoms with E-state index in [9.17, 15) is 4.79 Å². The van der Waals surface area contributed by atoms with Gasteiger partial charge in [-0.1, -0.05) is 103 Å². The molecule has 0 aliphatic carbocycles. The van der Waals surface area contributed by atoms with Crippen molar-refractivity contribution in [2.24, 2.45) is 0 Å². The molecule has 4 heteroatoms. The number of para-hydroxylation sites is 1. The Bertz CT molecular complexity index is 629. The van der Waals surface area contributed by atoms with Crippen LogP contribution in [0.25, 0.3) is 0 Å². The van der Waals surface area contributed by atoms with Gasteiger partial charge in [0, 0.05) is 0 Å². The number of rotatable bonds is 23. The Hall–Kier alpha value is -1.55. The molecule has 0 N–H and O–H groups in total. The molecular weight excluding hydrogens is 422 g/mol. The number of unbranched alkanes of at least 4 members (excludes halogenated alkanes) is 15. The fourth-order valence-electron chi connectivity index (χ4n) is 4.54.